The highest BCUT2D eigenvalue weighted by molar-refractivity contribution is 5.95. The van der Waals surface area contributed by atoms with E-state index in [1.54, 1.807) is 38.4 Å². The smallest absolute Gasteiger partial charge is 0.279 e. The van der Waals surface area contributed by atoms with Crippen molar-refractivity contribution in [3.05, 3.63) is 53.6 Å². The Kier molecular flexibility index (Phi) is 5.90. The monoisotopic (exact) mass is 410 g/mol. The number of anilines is 1. The molecule has 158 valence electrons. The standard InChI is InChI=1S/C23H27N3O4/c1-25(2)23(28)16-5-8-18(9-6-16)24-22(27)15-26-11-3-4-19(26)17-7-10-20-21(14-17)30-13-12-29-20/h5-10,14,19H,3-4,11-13,15H2,1-2H3,(H,24,27)/p+1/t19-/m0/s1. The number of carbonyl (C=O) groups is 2. The highest BCUT2D eigenvalue weighted by atomic mass is 16.6. The minimum atomic E-state index is -0.0586. The summed E-state index contributed by atoms with van der Waals surface area (Å²) >= 11 is 0. The number of hydrogen-bond donors (Lipinski definition) is 2. The van der Waals surface area contributed by atoms with Crippen molar-refractivity contribution in [3.8, 4) is 11.5 Å². The molecule has 0 spiro atoms. The van der Waals surface area contributed by atoms with Crippen LogP contribution in [0.5, 0.6) is 11.5 Å². The number of amides is 2. The number of carbonyl (C=O) groups excluding carboxylic acids is 2. The van der Waals surface area contributed by atoms with Gasteiger partial charge in [0.15, 0.2) is 18.0 Å². The van der Waals surface area contributed by atoms with Gasteiger partial charge in [0.1, 0.15) is 19.3 Å². The molecule has 0 aromatic heterocycles. The van der Waals surface area contributed by atoms with Crippen LogP contribution in [0.25, 0.3) is 0 Å². The quantitative estimate of drug-likeness (QED) is 0.784. The van der Waals surface area contributed by atoms with Gasteiger partial charge in [0.05, 0.1) is 6.54 Å². The van der Waals surface area contributed by atoms with Gasteiger partial charge in [-0.3, -0.25) is 9.59 Å². The van der Waals surface area contributed by atoms with Crippen LogP contribution < -0.4 is 19.7 Å². The molecule has 1 unspecified atom stereocenters. The number of benzene rings is 2. The molecule has 4 rings (SSSR count). The molecule has 0 saturated carbocycles. The molecule has 0 radical (unpaired) electrons. The van der Waals surface area contributed by atoms with E-state index in [-0.39, 0.29) is 17.9 Å². The van der Waals surface area contributed by atoms with Crippen LogP contribution in [0.4, 0.5) is 5.69 Å². The number of quaternary nitrogens is 1. The van der Waals surface area contributed by atoms with E-state index in [4.69, 9.17) is 9.47 Å². The predicted octanol–water partition coefficient (Wildman–Crippen LogP) is 1.52. The molecule has 0 bridgehead atoms. The Morgan fingerprint density at radius 1 is 1.07 bits per heavy atom. The first-order valence-corrected chi connectivity index (χ1v) is 10.4. The lowest BCUT2D eigenvalue weighted by Gasteiger charge is -2.24. The summed E-state index contributed by atoms with van der Waals surface area (Å²) in [6, 6.07) is 13.4. The lowest BCUT2D eigenvalue weighted by Crippen LogP contribution is -3.11. The SMILES string of the molecule is CN(C)C(=O)c1ccc(NC(=O)C[NH+]2CCC[C@H]2c2ccc3c(c2)OCCO3)cc1. The number of fused-ring (bicyclic) bond motifs is 1. The zero-order valence-electron chi connectivity index (χ0n) is 17.4. The van der Waals surface area contributed by atoms with Gasteiger partial charge in [0.2, 0.25) is 0 Å². The summed E-state index contributed by atoms with van der Waals surface area (Å²) in [5, 5.41) is 2.96. The molecule has 2 amide bonds. The normalized spacial score (nSPS) is 19.9. The van der Waals surface area contributed by atoms with Gasteiger partial charge < -0.3 is 24.6 Å². The first-order valence-electron chi connectivity index (χ1n) is 10.4. The van der Waals surface area contributed by atoms with E-state index in [1.165, 1.54) is 15.4 Å². The van der Waals surface area contributed by atoms with Crippen LogP contribution in [0.1, 0.15) is 34.8 Å². The first kappa shape index (κ1) is 20.2. The third-order valence-corrected chi connectivity index (χ3v) is 5.66. The summed E-state index contributed by atoms with van der Waals surface area (Å²) in [5.41, 5.74) is 2.48. The van der Waals surface area contributed by atoms with E-state index < -0.39 is 0 Å². The zero-order chi connectivity index (χ0) is 21.1. The van der Waals surface area contributed by atoms with Crippen molar-refractivity contribution in [2.75, 3.05) is 45.7 Å². The van der Waals surface area contributed by atoms with E-state index in [1.807, 2.05) is 6.07 Å². The molecule has 2 aromatic carbocycles. The maximum atomic E-state index is 12.7. The second-order valence-corrected chi connectivity index (χ2v) is 8.01. The van der Waals surface area contributed by atoms with Crippen LogP contribution in [-0.2, 0) is 4.79 Å². The Balaban J connectivity index is 1.38. The second kappa shape index (κ2) is 8.75. The third kappa shape index (κ3) is 4.41. The summed E-state index contributed by atoms with van der Waals surface area (Å²) in [6.45, 7) is 2.51. The minimum Gasteiger partial charge on any atom is -0.486 e. The minimum absolute atomic E-state index is 0.0267. The van der Waals surface area contributed by atoms with E-state index in [2.05, 4.69) is 17.4 Å². The number of likely N-dealkylation sites (tertiary alicyclic amines) is 1. The molecule has 1 saturated heterocycles. The highest BCUT2D eigenvalue weighted by Crippen LogP contribution is 2.33. The van der Waals surface area contributed by atoms with Gasteiger partial charge in [-0.25, -0.2) is 0 Å². The molecule has 2 aliphatic heterocycles. The van der Waals surface area contributed by atoms with E-state index >= 15 is 0 Å². The molecule has 7 nitrogen and oxygen atoms in total. The molecule has 30 heavy (non-hydrogen) atoms. The van der Waals surface area contributed by atoms with Crippen molar-refractivity contribution in [2.45, 2.75) is 18.9 Å². The van der Waals surface area contributed by atoms with Gasteiger partial charge in [0, 0.05) is 43.8 Å². The average molecular weight is 410 g/mol. The Morgan fingerprint density at radius 3 is 2.53 bits per heavy atom. The molecule has 2 aliphatic rings. The second-order valence-electron chi connectivity index (χ2n) is 8.01. The predicted molar refractivity (Wildman–Crippen MR) is 113 cm³/mol. The largest absolute Gasteiger partial charge is 0.486 e. The molecule has 2 atom stereocenters. The van der Waals surface area contributed by atoms with Crippen molar-refractivity contribution >= 4 is 17.5 Å². The van der Waals surface area contributed by atoms with Crippen molar-refractivity contribution in [1.29, 1.82) is 0 Å². The number of nitrogens with one attached hydrogen (secondary N) is 2. The number of ether oxygens (including phenoxy) is 2. The zero-order valence-corrected chi connectivity index (χ0v) is 17.4. The van der Waals surface area contributed by atoms with Gasteiger partial charge >= 0.3 is 0 Å². The van der Waals surface area contributed by atoms with E-state index in [0.29, 0.717) is 31.0 Å². The van der Waals surface area contributed by atoms with Crippen LogP contribution in [0.15, 0.2) is 42.5 Å². The maximum Gasteiger partial charge on any atom is 0.279 e. The number of nitrogens with zero attached hydrogens (tertiary/aromatic N) is 1. The Labute approximate surface area is 176 Å². The third-order valence-electron chi connectivity index (χ3n) is 5.66. The Hall–Kier alpha value is -3.06. The van der Waals surface area contributed by atoms with Gasteiger partial charge in [0.25, 0.3) is 11.8 Å². The molecule has 1 fully saturated rings. The van der Waals surface area contributed by atoms with Crippen LogP contribution in [0.2, 0.25) is 0 Å². The Morgan fingerprint density at radius 2 is 1.80 bits per heavy atom. The van der Waals surface area contributed by atoms with E-state index in [9.17, 15) is 9.59 Å². The fourth-order valence-corrected chi connectivity index (χ4v) is 4.17. The first-order chi connectivity index (χ1) is 14.5. The summed E-state index contributed by atoms with van der Waals surface area (Å²) in [4.78, 5) is 27.4. The number of hydrogen-bond acceptors (Lipinski definition) is 4. The summed E-state index contributed by atoms with van der Waals surface area (Å²) in [6.07, 6.45) is 2.13. The molecule has 0 aliphatic carbocycles. The average Bonchev–Trinajstić information content (AvgIpc) is 3.21. The summed E-state index contributed by atoms with van der Waals surface area (Å²) in [5.74, 6) is 1.50. The van der Waals surface area contributed by atoms with Crippen molar-refractivity contribution < 1.29 is 24.0 Å². The van der Waals surface area contributed by atoms with E-state index in [0.717, 1.165) is 30.9 Å². The topological polar surface area (TPSA) is 72.3 Å². The molecule has 7 heteroatoms. The van der Waals surface area contributed by atoms with Gasteiger partial charge in [-0.15, -0.1) is 0 Å². The highest BCUT2D eigenvalue weighted by Gasteiger charge is 2.32. The maximum absolute atomic E-state index is 12.7. The van der Waals surface area contributed by atoms with Crippen molar-refractivity contribution in [2.24, 2.45) is 0 Å². The molecule has 2 aromatic rings. The Bertz CT molecular complexity index is 927. The summed E-state index contributed by atoms with van der Waals surface area (Å²) < 4.78 is 11.3. The van der Waals surface area contributed by atoms with Crippen molar-refractivity contribution in [3.63, 3.8) is 0 Å². The van der Waals surface area contributed by atoms with Gasteiger partial charge in [-0.2, -0.15) is 0 Å². The molecular formula is C23H28N3O4+. The molecular weight excluding hydrogens is 382 g/mol. The van der Waals surface area contributed by atoms with Crippen molar-refractivity contribution in [1.82, 2.24) is 4.90 Å². The van der Waals surface area contributed by atoms with Crippen LogP contribution in [-0.4, -0.2) is 57.1 Å². The summed E-state index contributed by atoms with van der Waals surface area (Å²) in [7, 11) is 3.43. The van der Waals surface area contributed by atoms with Gasteiger partial charge in [-0.1, -0.05) is 0 Å². The molecule has 2 N–H and O–H groups in total. The molecule has 2 heterocycles. The lowest BCUT2D eigenvalue weighted by atomic mass is 10.0. The van der Waals surface area contributed by atoms with Crippen LogP contribution in [0, 0.1) is 0 Å². The lowest BCUT2D eigenvalue weighted by molar-refractivity contribution is -0.910. The van der Waals surface area contributed by atoms with Gasteiger partial charge in [-0.05, 0) is 42.5 Å². The van der Waals surface area contributed by atoms with Crippen LogP contribution >= 0.6 is 0 Å². The fraction of sp³-hybridized carbons (Fsp3) is 0.391. The van der Waals surface area contributed by atoms with Crippen LogP contribution in [0.3, 0.4) is 0 Å². The number of rotatable bonds is 5. The fourth-order valence-electron chi connectivity index (χ4n) is 4.17.